The van der Waals surface area contributed by atoms with E-state index in [1.54, 1.807) is 18.2 Å². The van der Waals surface area contributed by atoms with E-state index < -0.39 is 28.5 Å². The van der Waals surface area contributed by atoms with E-state index in [1.165, 1.54) is 52.7 Å². The molecule has 12 heteroatoms. The molecule has 1 heterocycles. The van der Waals surface area contributed by atoms with Gasteiger partial charge in [-0.3, -0.25) is 4.79 Å². The van der Waals surface area contributed by atoms with Gasteiger partial charge < -0.3 is 19.1 Å². The highest BCUT2D eigenvalue weighted by atomic mass is 35.5. The summed E-state index contributed by atoms with van der Waals surface area (Å²) >= 11 is 5.83. The van der Waals surface area contributed by atoms with Crippen LogP contribution in [-0.4, -0.2) is 76.0 Å². The van der Waals surface area contributed by atoms with Crippen LogP contribution < -0.4 is 9.47 Å². The molecule has 10 nitrogen and oxygen atoms in total. The molecule has 36 heavy (non-hydrogen) atoms. The van der Waals surface area contributed by atoms with Crippen molar-refractivity contribution in [1.29, 1.82) is 5.26 Å². The van der Waals surface area contributed by atoms with Gasteiger partial charge in [0, 0.05) is 37.3 Å². The molecule has 0 atom stereocenters. The average molecular weight is 534 g/mol. The number of nitrogens with zero attached hydrogens (tertiary/aromatic N) is 3. The number of piperazine rings is 1. The van der Waals surface area contributed by atoms with Crippen molar-refractivity contribution in [2.75, 3.05) is 46.5 Å². The van der Waals surface area contributed by atoms with E-state index in [-0.39, 0.29) is 37.7 Å². The van der Waals surface area contributed by atoms with Crippen LogP contribution in [0.4, 0.5) is 0 Å². The molecule has 190 valence electrons. The number of rotatable bonds is 9. The minimum Gasteiger partial charge on any atom is -0.493 e. The van der Waals surface area contributed by atoms with Crippen LogP contribution in [0, 0.1) is 11.3 Å². The lowest BCUT2D eigenvalue weighted by atomic mass is 10.2. The van der Waals surface area contributed by atoms with E-state index >= 15 is 0 Å². The van der Waals surface area contributed by atoms with Gasteiger partial charge in [0.2, 0.25) is 10.0 Å². The van der Waals surface area contributed by atoms with Crippen molar-refractivity contribution < 1.29 is 32.2 Å². The highest BCUT2D eigenvalue weighted by Gasteiger charge is 2.30. The van der Waals surface area contributed by atoms with Crippen LogP contribution in [0.5, 0.6) is 11.5 Å². The van der Waals surface area contributed by atoms with Gasteiger partial charge in [0.15, 0.2) is 24.7 Å². The van der Waals surface area contributed by atoms with Gasteiger partial charge in [0.1, 0.15) is 6.07 Å². The molecular weight excluding hydrogens is 510 g/mol. The smallest absolute Gasteiger partial charge is 0.331 e. The minimum absolute atomic E-state index is 0.125. The molecule has 2 aromatic carbocycles. The molecule has 1 amide bonds. The molecule has 0 spiro atoms. The molecule has 0 radical (unpaired) electrons. The lowest BCUT2D eigenvalue weighted by Gasteiger charge is -2.33. The first-order chi connectivity index (χ1) is 17.2. The molecule has 1 fully saturated rings. The van der Waals surface area contributed by atoms with Crippen molar-refractivity contribution in [2.45, 2.75) is 4.90 Å². The summed E-state index contributed by atoms with van der Waals surface area (Å²) < 4.78 is 42.3. The van der Waals surface area contributed by atoms with Crippen LogP contribution >= 0.6 is 11.6 Å². The van der Waals surface area contributed by atoms with Gasteiger partial charge in [-0.1, -0.05) is 17.7 Å². The number of halogens is 1. The summed E-state index contributed by atoms with van der Waals surface area (Å²) in [5, 5.41) is 9.06. The number of carbonyl (C=O) groups is 2. The maximum atomic E-state index is 12.8. The van der Waals surface area contributed by atoms with E-state index in [2.05, 4.69) is 0 Å². The zero-order valence-electron chi connectivity index (χ0n) is 19.4. The number of methoxy groups -OCH3 is 1. The fourth-order valence-electron chi connectivity index (χ4n) is 3.39. The lowest BCUT2D eigenvalue weighted by Crippen LogP contribution is -2.51. The highest BCUT2D eigenvalue weighted by molar-refractivity contribution is 7.89. The van der Waals surface area contributed by atoms with E-state index in [9.17, 15) is 18.0 Å². The van der Waals surface area contributed by atoms with Crippen LogP contribution in [-0.2, 0) is 24.3 Å². The standard InChI is InChI=1S/C24H24ClN3O7S/c1-33-22-16-18(2-8-21(22)34-15-10-26)3-9-24(30)35-17-23(29)27-11-13-28(14-12-27)36(31,32)20-6-4-19(25)5-7-20/h2-9,16H,11-15,17H2,1H3/b9-3+. The molecule has 1 aliphatic rings. The molecule has 0 bridgehead atoms. The Morgan fingerprint density at radius 3 is 2.42 bits per heavy atom. The first-order valence-electron chi connectivity index (χ1n) is 10.8. The average Bonchev–Trinajstić information content (AvgIpc) is 2.89. The molecule has 0 aliphatic carbocycles. The third-order valence-corrected chi connectivity index (χ3v) is 7.44. The molecule has 0 aromatic heterocycles. The fraction of sp³-hybridized carbons (Fsp3) is 0.292. The van der Waals surface area contributed by atoms with Crippen molar-refractivity contribution in [2.24, 2.45) is 0 Å². The van der Waals surface area contributed by atoms with E-state index in [4.69, 9.17) is 31.1 Å². The van der Waals surface area contributed by atoms with E-state index in [0.29, 0.717) is 22.1 Å². The fourth-order valence-corrected chi connectivity index (χ4v) is 4.94. The van der Waals surface area contributed by atoms with Gasteiger partial charge in [-0.15, -0.1) is 0 Å². The van der Waals surface area contributed by atoms with E-state index in [0.717, 1.165) is 0 Å². The van der Waals surface area contributed by atoms with Gasteiger partial charge in [-0.2, -0.15) is 9.57 Å². The third-order valence-electron chi connectivity index (χ3n) is 5.27. The lowest BCUT2D eigenvalue weighted by molar-refractivity contribution is -0.148. The van der Waals surface area contributed by atoms with Crippen LogP contribution in [0.3, 0.4) is 0 Å². The van der Waals surface area contributed by atoms with Crippen LogP contribution in [0.15, 0.2) is 53.4 Å². The Hall–Kier alpha value is -3.59. The number of sulfonamides is 1. The SMILES string of the molecule is COc1cc(/C=C/C(=O)OCC(=O)N2CCN(S(=O)(=O)c3ccc(Cl)cc3)CC2)ccc1OCC#N. The maximum Gasteiger partial charge on any atom is 0.331 e. The molecule has 2 aromatic rings. The Morgan fingerprint density at radius 1 is 1.08 bits per heavy atom. The van der Waals surface area contributed by atoms with Crippen molar-refractivity contribution in [3.63, 3.8) is 0 Å². The molecule has 1 saturated heterocycles. The molecule has 0 saturated carbocycles. The second-order valence-corrected chi connectivity index (χ2v) is 9.91. The van der Waals surface area contributed by atoms with Gasteiger partial charge in [0.05, 0.1) is 12.0 Å². The number of nitriles is 1. The zero-order valence-corrected chi connectivity index (χ0v) is 21.0. The van der Waals surface area contributed by atoms with E-state index in [1.807, 2.05) is 6.07 Å². The predicted octanol–water partition coefficient (Wildman–Crippen LogP) is 2.34. The Morgan fingerprint density at radius 2 is 1.78 bits per heavy atom. The van der Waals surface area contributed by atoms with Gasteiger partial charge in [-0.25, -0.2) is 13.2 Å². The molecule has 0 unspecified atom stereocenters. The second-order valence-electron chi connectivity index (χ2n) is 7.54. The van der Waals surface area contributed by atoms with Crippen molar-refractivity contribution >= 4 is 39.6 Å². The monoisotopic (exact) mass is 533 g/mol. The molecular formula is C24H24ClN3O7S. The van der Waals surface area contributed by atoms with Gasteiger partial charge in [-0.05, 0) is 48.0 Å². The zero-order chi connectivity index (χ0) is 26.1. The molecule has 0 N–H and O–H groups in total. The van der Waals surface area contributed by atoms with Crippen LogP contribution in [0.2, 0.25) is 5.02 Å². The molecule has 1 aliphatic heterocycles. The first kappa shape index (κ1) is 27.0. The minimum atomic E-state index is -3.69. The summed E-state index contributed by atoms with van der Waals surface area (Å²) in [6.07, 6.45) is 2.66. The Kier molecular flexibility index (Phi) is 9.30. The summed E-state index contributed by atoms with van der Waals surface area (Å²) in [6.45, 7) is 0.0233. The van der Waals surface area contributed by atoms with Gasteiger partial charge in [0.25, 0.3) is 5.91 Å². The normalized spacial score (nSPS) is 14.3. The summed E-state index contributed by atoms with van der Waals surface area (Å²) in [5.74, 6) is -0.337. The van der Waals surface area contributed by atoms with Crippen molar-refractivity contribution in [1.82, 2.24) is 9.21 Å². The Labute approximate surface area is 214 Å². The number of ether oxygens (including phenoxy) is 3. The number of carbonyl (C=O) groups excluding carboxylic acids is 2. The maximum absolute atomic E-state index is 12.8. The number of esters is 1. The number of amides is 1. The number of benzene rings is 2. The quantitative estimate of drug-likeness (QED) is 0.355. The Balaban J connectivity index is 1.48. The highest BCUT2D eigenvalue weighted by Crippen LogP contribution is 2.28. The summed E-state index contributed by atoms with van der Waals surface area (Å²) in [6, 6.07) is 12.7. The number of hydrogen-bond acceptors (Lipinski definition) is 8. The Bertz CT molecular complexity index is 1270. The number of hydrogen-bond donors (Lipinski definition) is 0. The summed E-state index contributed by atoms with van der Waals surface area (Å²) in [7, 11) is -2.24. The summed E-state index contributed by atoms with van der Waals surface area (Å²) in [5.41, 5.74) is 0.623. The largest absolute Gasteiger partial charge is 0.493 e. The summed E-state index contributed by atoms with van der Waals surface area (Å²) in [4.78, 5) is 26.1. The molecule has 3 rings (SSSR count). The topological polar surface area (TPSA) is 126 Å². The van der Waals surface area contributed by atoms with Crippen molar-refractivity contribution in [3.8, 4) is 17.6 Å². The van der Waals surface area contributed by atoms with Crippen molar-refractivity contribution in [3.05, 3.63) is 59.1 Å². The third kappa shape index (κ3) is 6.97. The predicted molar refractivity (Wildman–Crippen MR) is 131 cm³/mol. The van der Waals surface area contributed by atoms with Crippen LogP contribution in [0.25, 0.3) is 6.08 Å². The first-order valence-corrected chi connectivity index (χ1v) is 12.6. The van der Waals surface area contributed by atoms with Crippen LogP contribution in [0.1, 0.15) is 5.56 Å². The second kappa shape index (κ2) is 12.4. The van der Waals surface area contributed by atoms with Gasteiger partial charge >= 0.3 is 5.97 Å².